The normalized spacial score (nSPS) is 10.0. The Morgan fingerprint density at radius 2 is 2.10 bits per heavy atom. The number of rotatable bonds is 7. The number of methoxy groups -OCH3 is 1. The third-order valence-electron chi connectivity index (χ3n) is 2.74. The summed E-state index contributed by atoms with van der Waals surface area (Å²) in [5, 5.41) is 11.3. The monoisotopic (exact) mass is 298 g/mol. The minimum Gasteiger partial charge on any atom is -0.475 e. The molecule has 0 aliphatic rings. The van der Waals surface area contributed by atoms with E-state index in [1.165, 1.54) is 24.1 Å². The molecular weight excluding hydrogens is 280 g/mol. The fourth-order valence-corrected chi connectivity index (χ4v) is 1.55. The van der Waals surface area contributed by atoms with Gasteiger partial charge in [0.1, 0.15) is 5.76 Å². The number of esters is 1. The summed E-state index contributed by atoms with van der Waals surface area (Å²) in [6, 6.07) is 2.47. The molecule has 2 amide bonds. The van der Waals surface area contributed by atoms with Gasteiger partial charge in [-0.2, -0.15) is 0 Å². The summed E-state index contributed by atoms with van der Waals surface area (Å²) in [6.07, 6.45) is 0.745. The number of carbonyl (C=O) groups excluding carboxylic acids is 2. The van der Waals surface area contributed by atoms with Crippen molar-refractivity contribution in [3.8, 4) is 0 Å². The summed E-state index contributed by atoms with van der Waals surface area (Å²) in [5.74, 6) is -1.30. The number of furan rings is 1. The highest BCUT2D eigenvalue weighted by molar-refractivity contribution is 5.84. The summed E-state index contributed by atoms with van der Waals surface area (Å²) >= 11 is 0. The number of nitrogens with one attached hydrogen (secondary N) is 1. The third kappa shape index (κ3) is 5.55. The Morgan fingerprint density at radius 3 is 2.67 bits per heavy atom. The number of carboxylic acids is 1. The molecule has 0 aliphatic heterocycles. The zero-order chi connectivity index (χ0) is 15.8. The van der Waals surface area contributed by atoms with Crippen molar-refractivity contribution in [2.75, 3.05) is 20.7 Å². The van der Waals surface area contributed by atoms with Crippen molar-refractivity contribution in [2.24, 2.45) is 0 Å². The van der Waals surface area contributed by atoms with E-state index in [1.54, 1.807) is 7.05 Å². The Balaban J connectivity index is 2.31. The summed E-state index contributed by atoms with van der Waals surface area (Å²) in [4.78, 5) is 34.7. The van der Waals surface area contributed by atoms with Gasteiger partial charge >= 0.3 is 18.0 Å². The van der Waals surface area contributed by atoms with Crippen molar-refractivity contribution in [3.63, 3.8) is 0 Å². The first kappa shape index (κ1) is 16.5. The number of amides is 2. The number of carbonyl (C=O) groups is 3. The summed E-state index contributed by atoms with van der Waals surface area (Å²) in [6.45, 7) is 0.493. The standard InChI is InChI=1S/C13H18N2O6/c1-15(7-3-4-11(16)20-2)13(19)14-8-9-5-6-10(21-9)12(17)18/h5-6H,3-4,7-8H2,1-2H3,(H,14,19)(H,17,18). The van der Waals surface area contributed by atoms with Crippen LogP contribution in [0.15, 0.2) is 16.5 Å². The molecule has 0 fully saturated rings. The lowest BCUT2D eigenvalue weighted by atomic mass is 10.3. The molecule has 0 aliphatic carbocycles. The predicted molar refractivity (Wildman–Crippen MR) is 71.8 cm³/mol. The maximum absolute atomic E-state index is 11.7. The Kier molecular flexibility index (Phi) is 6.25. The van der Waals surface area contributed by atoms with E-state index in [9.17, 15) is 14.4 Å². The Hall–Kier alpha value is -2.51. The Bertz CT molecular complexity index is 511. The molecule has 8 heteroatoms. The lowest BCUT2D eigenvalue weighted by Gasteiger charge is -2.17. The number of nitrogens with zero attached hydrogens (tertiary/aromatic N) is 1. The Morgan fingerprint density at radius 1 is 1.38 bits per heavy atom. The van der Waals surface area contributed by atoms with Crippen LogP contribution in [-0.2, 0) is 16.1 Å². The second kappa shape index (κ2) is 7.93. The van der Waals surface area contributed by atoms with E-state index in [0.717, 1.165) is 0 Å². The van der Waals surface area contributed by atoms with Gasteiger partial charge in [0.25, 0.3) is 0 Å². The fourth-order valence-electron chi connectivity index (χ4n) is 1.55. The molecular formula is C13H18N2O6. The maximum atomic E-state index is 11.7. The fraction of sp³-hybridized carbons (Fsp3) is 0.462. The van der Waals surface area contributed by atoms with Crippen molar-refractivity contribution < 1.29 is 28.6 Å². The first-order chi connectivity index (χ1) is 9.93. The van der Waals surface area contributed by atoms with E-state index >= 15 is 0 Å². The van der Waals surface area contributed by atoms with Gasteiger partial charge in [-0.15, -0.1) is 0 Å². The van der Waals surface area contributed by atoms with Gasteiger partial charge in [0.2, 0.25) is 5.76 Å². The van der Waals surface area contributed by atoms with Crippen LogP contribution in [0.4, 0.5) is 4.79 Å². The average molecular weight is 298 g/mol. The van der Waals surface area contributed by atoms with Gasteiger partial charge in [-0.05, 0) is 18.6 Å². The summed E-state index contributed by atoms with van der Waals surface area (Å²) in [5.41, 5.74) is 0. The number of urea groups is 1. The van der Waals surface area contributed by atoms with Crippen LogP contribution in [-0.4, -0.2) is 48.7 Å². The number of carboxylic acid groups (broad SMARTS) is 1. The molecule has 0 radical (unpaired) electrons. The molecule has 1 aromatic rings. The highest BCUT2D eigenvalue weighted by atomic mass is 16.5. The van der Waals surface area contributed by atoms with Crippen molar-refractivity contribution in [3.05, 3.63) is 23.7 Å². The van der Waals surface area contributed by atoms with Crippen LogP contribution in [0.3, 0.4) is 0 Å². The maximum Gasteiger partial charge on any atom is 0.371 e. The van der Waals surface area contributed by atoms with Crippen LogP contribution in [0.1, 0.15) is 29.2 Å². The van der Waals surface area contributed by atoms with Gasteiger partial charge in [0, 0.05) is 20.0 Å². The van der Waals surface area contributed by atoms with Crippen LogP contribution < -0.4 is 5.32 Å². The van der Waals surface area contributed by atoms with Gasteiger partial charge in [0.05, 0.1) is 13.7 Å². The van der Waals surface area contributed by atoms with E-state index in [1.807, 2.05) is 0 Å². The van der Waals surface area contributed by atoms with E-state index in [2.05, 4.69) is 10.1 Å². The summed E-state index contributed by atoms with van der Waals surface area (Å²) < 4.78 is 9.51. The van der Waals surface area contributed by atoms with Gasteiger partial charge in [0.15, 0.2) is 0 Å². The van der Waals surface area contributed by atoms with E-state index in [-0.39, 0.29) is 30.7 Å². The van der Waals surface area contributed by atoms with Crippen molar-refractivity contribution in [1.82, 2.24) is 10.2 Å². The highest BCUT2D eigenvalue weighted by Crippen LogP contribution is 2.07. The first-order valence-corrected chi connectivity index (χ1v) is 6.31. The smallest absolute Gasteiger partial charge is 0.371 e. The lowest BCUT2D eigenvalue weighted by molar-refractivity contribution is -0.140. The molecule has 1 rings (SSSR count). The van der Waals surface area contributed by atoms with Crippen LogP contribution in [0.25, 0.3) is 0 Å². The Labute approximate surface area is 121 Å². The second-order valence-corrected chi connectivity index (χ2v) is 4.33. The summed E-state index contributed by atoms with van der Waals surface area (Å²) in [7, 11) is 2.91. The number of ether oxygens (including phenoxy) is 1. The molecule has 0 atom stereocenters. The molecule has 21 heavy (non-hydrogen) atoms. The molecule has 1 aromatic heterocycles. The average Bonchev–Trinajstić information content (AvgIpc) is 2.93. The molecule has 0 spiro atoms. The number of hydrogen-bond acceptors (Lipinski definition) is 5. The van der Waals surface area contributed by atoms with Crippen molar-refractivity contribution >= 4 is 18.0 Å². The van der Waals surface area contributed by atoms with Crippen LogP contribution in [0.2, 0.25) is 0 Å². The molecule has 0 saturated heterocycles. The van der Waals surface area contributed by atoms with Gasteiger partial charge in [-0.3, -0.25) is 4.79 Å². The predicted octanol–water partition coefficient (Wildman–Crippen LogP) is 1.07. The molecule has 0 bridgehead atoms. The highest BCUT2D eigenvalue weighted by Gasteiger charge is 2.12. The molecule has 8 nitrogen and oxygen atoms in total. The molecule has 2 N–H and O–H groups in total. The van der Waals surface area contributed by atoms with Crippen molar-refractivity contribution in [2.45, 2.75) is 19.4 Å². The minimum absolute atomic E-state index is 0.0907. The van der Waals surface area contributed by atoms with E-state index in [0.29, 0.717) is 18.7 Å². The quantitative estimate of drug-likeness (QED) is 0.729. The van der Waals surface area contributed by atoms with E-state index < -0.39 is 5.97 Å². The van der Waals surface area contributed by atoms with Crippen LogP contribution >= 0.6 is 0 Å². The van der Waals surface area contributed by atoms with Crippen LogP contribution in [0.5, 0.6) is 0 Å². The molecule has 116 valence electrons. The minimum atomic E-state index is -1.16. The van der Waals surface area contributed by atoms with E-state index in [4.69, 9.17) is 9.52 Å². The number of aromatic carboxylic acids is 1. The van der Waals surface area contributed by atoms with Crippen molar-refractivity contribution in [1.29, 1.82) is 0 Å². The lowest BCUT2D eigenvalue weighted by Crippen LogP contribution is -2.37. The molecule has 0 unspecified atom stereocenters. The zero-order valence-corrected chi connectivity index (χ0v) is 11.9. The van der Waals surface area contributed by atoms with Gasteiger partial charge in [-0.25, -0.2) is 9.59 Å². The SMILES string of the molecule is COC(=O)CCCN(C)C(=O)NCc1ccc(C(=O)O)o1. The van der Waals surface area contributed by atoms with Gasteiger partial charge < -0.3 is 24.5 Å². The molecule has 0 saturated carbocycles. The third-order valence-corrected chi connectivity index (χ3v) is 2.74. The second-order valence-electron chi connectivity index (χ2n) is 4.33. The number of hydrogen-bond donors (Lipinski definition) is 2. The molecule has 1 heterocycles. The van der Waals surface area contributed by atoms with Gasteiger partial charge in [-0.1, -0.05) is 0 Å². The van der Waals surface area contributed by atoms with Crippen LogP contribution in [0, 0.1) is 0 Å². The molecule has 0 aromatic carbocycles. The topological polar surface area (TPSA) is 109 Å². The first-order valence-electron chi connectivity index (χ1n) is 6.31. The largest absolute Gasteiger partial charge is 0.475 e. The zero-order valence-electron chi connectivity index (χ0n) is 11.9.